The highest BCUT2D eigenvalue weighted by atomic mass is 32.1. The summed E-state index contributed by atoms with van der Waals surface area (Å²) in [6, 6.07) is 11.6. The number of nitrogens with zero attached hydrogens (tertiary/aromatic N) is 2. The van der Waals surface area contributed by atoms with Crippen LogP contribution < -0.4 is 5.73 Å². The zero-order chi connectivity index (χ0) is 13.2. The molecular weight excluding hydrogens is 258 g/mol. The summed E-state index contributed by atoms with van der Waals surface area (Å²) in [6.07, 6.45) is 1.66. The number of benzene rings is 1. The van der Waals surface area contributed by atoms with E-state index in [0.717, 1.165) is 26.9 Å². The van der Waals surface area contributed by atoms with E-state index >= 15 is 0 Å². The van der Waals surface area contributed by atoms with E-state index in [2.05, 4.69) is 10.2 Å². The van der Waals surface area contributed by atoms with Crippen molar-refractivity contribution in [1.29, 1.82) is 0 Å². The van der Waals surface area contributed by atoms with E-state index in [1.165, 1.54) is 11.3 Å². The molecule has 0 saturated carbocycles. The van der Waals surface area contributed by atoms with Gasteiger partial charge in [-0.3, -0.25) is 0 Å². The Morgan fingerprint density at radius 3 is 2.63 bits per heavy atom. The highest BCUT2D eigenvalue weighted by molar-refractivity contribution is 7.14. The van der Waals surface area contributed by atoms with Gasteiger partial charge in [0.25, 0.3) is 0 Å². The monoisotopic (exact) mass is 271 g/mol. The Kier molecular flexibility index (Phi) is 3.15. The molecule has 2 heterocycles. The van der Waals surface area contributed by atoms with Gasteiger partial charge in [-0.2, -0.15) is 0 Å². The number of furan rings is 1. The van der Waals surface area contributed by atoms with Gasteiger partial charge in [0, 0.05) is 0 Å². The van der Waals surface area contributed by atoms with Crippen molar-refractivity contribution in [2.45, 2.75) is 13.0 Å². The molecule has 96 valence electrons. The molecule has 2 aromatic heterocycles. The lowest BCUT2D eigenvalue weighted by molar-refractivity contribution is 0.535. The van der Waals surface area contributed by atoms with E-state index in [0.29, 0.717) is 0 Å². The molecule has 1 unspecified atom stereocenters. The summed E-state index contributed by atoms with van der Waals surface area (Å²) in [7, 11) is 0. The van der Waals surface area contributed by atoms with Crippen LogP contribution in [-0.4, -0.2) is 10.2 Å². The van der Waals surface area contributed by atoms with Crippen molar-refractivity contribution in [3.63, 3.8) is 0 Å². The molecule has 0 fully saturated rings. The lowest BCUT2D eigenvalue weighted by Crippen LogP contribution is -2.11. The van der Waals surface area contributed by atoms with Gasteiger partial charge in [0.15, 0.2) is 5.01 Å². The first-order chi connectivity index (χ1) is 9.25. The fourth-order valence-corrected chi connectivity index (χ4v) is 2.83. The average Bonchev–Trinajstić information content (AvgIpc) is 3.07. The maximum atomic E-state index is 6.21. The van der Waals surface area contributed by atoms with Crippen LogP contribution in [0.5, 0.6) is 0 Å². The molecule has 0 spiro atoms. The van der Waals surface area contributed by atoms with Crippen molar-refractivity contribution in [3.05, 3.63) is 59.0 Å². The van der Waals surface area contributed by atoms with Crippen molar-refractivity contribution < 1.29 is 4.42 Å². The topological polar surface area (TPSA) is 64.9 Å². The second-order valence-corrected chi connectivity index (χ2v) is 5.23. The lowest BCUT2D eigenvalue weighted by Gasteiger charge is -2.06. The third-order valence-electron chi connectivity index (χ3n) is 2.95. The van der Waals surface area contributed by atoms with Crippen LogP contribution in [-0.2, 0) is 0 Å². The number of hydrogen-bond donors (Lipinski definition) is 1. The minimum absolute atomic E-state index is 0.236. The molecule has 0 radical (unpaired) electrons. The third kappa shape index (κ3) is 2.30. The average molecular weight is 271 g/mol. The van der Waals surface area contributed by atoms with E-state index in [9.17, 15) is 0 Å². The van der Waals surface area contributed by atoms with Gasteiger partial charge in [-0.15, -0.1) is 10.2 Å². The Morgan fingerprint density at radius 2 is 1.95 bits per heavy atom. The number of rotatable bonds is 3. The lowest BCUT2D eigenvalue weighted by atomic mass is 10.1. The van der Waals surface area contributed by atoms with Crippen molar-refractivity contribution in [1.82, 2.24) is 10.2 Å². The van der Waals surface area contributed by atoms with Gasteiger partial charge in [-0.05, 0) is 18.6 Å². The van der Waals surface area contributed by atoms with Gasteiger partial charge in [-0.1, -0.05) is 41.7 Å². The third-order valence-corrected chi connectivity index (χ3v) is 3.99. The first-order valence-electron chi connectivity index (χ1n) is 5.94. The Morgan fingerprint density at radius 1 is 1.16 bits per heavy atom. The standard InChI is InChI=1S/C14H13N3OS/c1-9-11(7-8-18-9)13-16-17-14(19-13)12(15)10-5-3-2-4-6-10/h2-8,12H,15H2,1H3. The summed E-state index contributed by atoms with van der Waals surface area (Å²) in [6.45, 7) is 1.91. The Hall–Kier alpha value is -1.98. The van der Waals surface area contributed by atoms with Gasteiger partial charge in [0.2, 0.25) is 0 Å². The summed E-state index contributed by atoms with van der Waals surface area (Å²) >= 11 is 1.50. The van der Waals surface area contributed by atoms with Crippen LogP contribution in [0.4, 0.5) is 0 Å². The molecule has 0 amide bonds. The van der Waals surface area contributed by atoms with Crippen LogP contribution in [0.25, 0.3) is 10.6 Å². The van der Waals surface area contributed by atoms with Gasteiger partial charge in [0.05, 0.1) is 17.9 Å². The van der Waals surface area contributed by atoms with Crippen molar-refractivity contribution in [3.8, 4) is 10.6 Å². The first kappa shape index (κ1) is 12.1. The highest BCUT2D eigenvalue weighted by Crippen LogP contribution is 2.30. The van der Waals surface area contributed by atoms with Crippen LogP contribution in [0.2, 0.25) is 0 Å². The zero-order valence-electron chi connectivity index (χ0n) is 10.4. The molecule has 19 heavy (non-hydrogen) atoms. The van der Waals surface area contributed by atoms with E-state index < -0.39 is 0 Å². The maximum Gasteiger partial charge on any atom is 0.151 e. The number of aryl methyl sites for hydroxylation is 1. The first-order valence-corrected chi connectivity index (χ1v) is 6.76. The largest absolute Gasteiger partial charge is 0.469 e. The molecule has 5 heteroatoms. The quantitative estimate of drug-likeness (QED) is 0.794. The minimum Gasteiger partial charge on any atom is -0.469 e. The fourth-order valence-electron chi connectivity index (χ4n) is 1.88. The van der Waals surface area contributed by atoms with E-state index in [1.54, 1.807) is 6.26 Å². The van der Waals surface area contributed by atoms with Gasteiger partial charge in [-0.25, -0.2) is 0 Å². The fraction of sp³-hybridized carbons (Fsp3) is 0.143. The predicted octanol–water partition coefficient (Wildman–Crippen LogP) is 3.15. The normalized spacial score (nSPS) is 12.5. The van der Waals surface area contributed by atoms with E-state index in [4.69, 9.17) is 10.2 Å². The Labute approximate surface area is 114 Å². The second kappa shape index (κ2) is 4.95. The molecule has 3 aromatic rings. The summed E-state index contributed by atoms with van der Waals surface area (Å²) < 4.78 is 5.28. The van der Waals surface area contributed by atoms with E-state index in [1.807, 2.05) is 43.3 Å². The Balaban J connectivity index is 1.92. The van der Waals surface area contributed by atoms with Crippen LogP contribution in [0, 0.1) is 6.92 Å². The molecule has 0 aliphatic rings. The smallest absolute Gasteiger partial charge is 0.151 e. The van der Waals surface area contributed by atoms with Crippen molar-refractivity contribution in [2.24, 2.45) is 5.73 Å². The molecule has 0 bridgehead atoms. The summed E-state index contributed by atoms with van der Waals surface area (Å²) in [5.41, 5.74) is 8.22. The number of nitrogens with two attached hydrogens (primary N) is 1. The molecule has 0 aliphatic heterocycles. The van der Waals surface area contributed by atoms with Crippen LogP contribution in [0.15, 0.2) is 47.1 Å². The molecule has 1 atom stereocenters. The number of hydrogen-bond acceptors (Lipinski definition) is 5. The summed E-state index contributed by atoms with van der Waals surface area (Å²) in [5.74, 6) is 0.844. The summed E-state index contributed by atoms with van der Waals surface area (Å²) in [5, 5.41) is 10.0. The molecule has 3 rings (SSSR count). The van der Waals surface area contributed by atoms with Crippen LogP contribution >= 0.6 is 11.3 Å². The SMILES string of the molecule is Cc1occc1-c1nnc(C(N)c2ccccc2)s1. The molecular formula is C14H13N3OS. The van der Waals surface area contributed by atoms with Crippen LogP contribution in [0.1, 0.15) is 22.4 Å². The van der Waals surface area contributed by atoms with Crippen LogP contribution in [0.3, 0.4) is 0 Å². The van der Waals surface area contributed by atoms with Gasteiger partial charge >= 0.3 is 0 Å². The predicted molar refractivity (Wildman–Crippen MR) is 74.8 cm³/mol. The Bertz CT molecular complexity index is 675. The molecule has 4 nitrogen and oxygen atoms in total. The second-order valence-electron chi connectivity index (χ2n) is 4.22. The molecule has 0 saturated heterocycles. The van der Waals surface area contributed by atoms with Crippen molar-refractivity contribution >= 4 is 11.3 Å². The minimum atomic E-state index is -0.236. The van der Waals surface area contributed by atoms with Gasteiger partial charge in [0.1, 0.15) is 10.8 Å². The van der Waals surface area contributed by atoms with E-state index in [-0.39, 0.29) is 6.04 Å². The maximum absolute atomic E-state index is 6.21. The van der Waals surface area contributed by atoms with Crippen molar-refractivity contribution in [2.75, 3.05) is 0 Å². The molecule has 0 aliphatic carbocycles. The molecule has 2 N–H and O–H groups in total. The molecule has 1 aromatic carbocycles. The number of aromatic nitrogens is 2. The highest BCUT2D eigenvalue weighted by Gasteiger charge is 2.16. The van der Waals surface area contributed by atoms with Gasteiger partial charge < -0.3 is 10.2 Å². The summed E-state index contributed by atoms with van der Waals surface area (Å²) in [4.78, 5) is 0. The zero-order valence-corrected chi connectivity index (χ0v) is 11.2.